The molecule has 0 bridgehead atoms. The Hall–Kier alpha value is -1.49. The van der Waals surface area contributed by atoms with Crippen LogP contribution >= 0.6 is 0 Å². The van der Waals surface area contributed by atoms with E-state index in [9.17, 15) is 5.11 Å². The lowest BCUT2D eigenvalue weighted by molar-refractivity contribution is 0.467. The zero-order valence-electron chi connectivity index (χ0n) is 8.57. The molecule has 1 rings (SSSR count). The predicted octanol–water partition coefficient (Wildman–Crippen LogP) is 3.05. The van der Waals surface area contributed by atoms with E-state index in [0.717, 1.165) is 5.56 Å². The molecule has 1 unspecified atom stereocenters. The number of hydrogen-bond donors (Lipinski definition) is 1. The van der Waals surface area contributed by atoms with Crippen LogP contribution in [0.15, 0.2) is 24.3 Å². The summed E-state index contributed by atoms with van der Waals surface area (Å²) in [6.07, 6.45) is 0.501. The first-order valence-electron chi connectivity index (χ1n) is 4.81. The summed E-state index contributed by atoms with van der Waals surface area (Å²) in [6, 6.07) is 9.35. The number of rotatable bonds is 3. The first-order chi connectivity index (χ1) is 6.65. The normalized spacial score (nSPS) is 12.4. The van der Waals surface area contributed by atoms with Gasteiger partial charge in [-0.1, -0.05) is 26.0 Å². The SMILES string of the molecule is CC(C)C(CC#N)c1cccc(O)c1. The molecule has 1 aromatic carbocycles. The fourth-order valence-corrected chi connectivity index (χ4v) is 1.59. The van der Waals surface area contributed by atoms with Crippen LogP contribution in [0.1, 0.15) is 31.7 Å². The van der Waals surface area contributed by atoms with E-state index >= 15 is 0 Å². The van der Waals surface area contributed by atoms with E-state index in [-0.39, 0.29) is 11.7 Å². The van der Waals surface area contributed by atoms with E-state index in [4.69, 9.17) is 5.26 Å². The highest BCUT2D eigenvalue weighted by molar-refractivity contribution is 5.30. The van der Waals surface area contributed by atoms with E-state index in [2.05, 4.69) is 19.9 Å². The lowest BCUT2D eigenvalue weighted by atomic mass is 9.86. The molecule has 0 aliphatic carbocycles. The van der Waals surface area contributed by atoms with E-state index in [1.807, 2.05) is 12.1 Å². The molecular formula is C12H15NO. The maximum atomic E-state index is 9.33. The second kappa shape index (κ2) is 4.66. The molecule has 0 fully saturated rings. The summed E-state index contributed by atoms with van der Waals surface area (Å²) in [6.45, 7) is 4.18. The molecule has 0 saturated heterocycles. The monoisotopic (exact) mass is 189 g/mol. The van der Waals surface area contributed by atoms with Gasteiger partial charge in [-0.05, 0) is 29.5 Å². The number of hydrogen-bond acceptors (Lipinski definition) is 2. The molecule has 0 amide bonds. The van der Waals surface area contributed by atoms with Gasteiger partial charge in [0.1, 0.15) is 5.75 Å². The summed E-state index contributed by atoms with van der Waals surface area (Å²) in [5, 5.41) is 18.0. The van der Waals surface area contributed by atoms with Crippen LogP contribution in [0.4, 0.5) is 0 Å². The number of phenols is 1. The van der Waals surface area contributed by atoms with Crippen molar-refractivity contribution in [3.8, 4) is 11.8 Å². The van der Waals surface area contributed by atoms with E-state index in [1.54, 1.807) is 12.1 Å². The topological polar surface area (TPSA) is 44.0 Å². The maximum absolute atomic E-state index is 9.33. The fourth-order valence-electron chi connectivity index (χ4n) is 1.59. The number of nitriles is 1. The van der Waals surface area contributed by atoms with Gasteiger partial charge in [0.2, 0.25) is 0 Å². The molecular weight excluding hydrogens is 174 g/mol. The van der Waals surface area contributed by atoms with Gasteiger partial charge in [0, 0.05) is 6.42 Å². The van der Waals surface area contributed by atoms with Crippen LogP contribution in [-0.2, 0) is 0 Å². The molecule has 0 aromatic heterocycles. The second-order valence-corrected chi connectivity index (χ2v) is 3.81. The fraction of sp³-hybridized carbons (Fsp3) is 0.417. The molecule has 0 heterocycles. The molecule has 1 atom stereocenters. The average molecular weight is 189 g/mol. The van der Waals surface area contributed by atoms with Crippen LogP contribution in [0.2, 0.25) is 0 Å². The van der Waals surface area contributed by atoms with Gasteiger partial charge in [0.15, 0.2) is 0 Å². The number of aromatic hydroxyl groups is 1. The highest BCUT2D eigenvalue weighted by Crippen LogP contribution is 2.29. The quantitative estimate of drug-likeness (QED) is 0.794. The van der Waals surface area contributed by atoms with Crippen LogP contribution in [0.3, 0.4) is 0 Å². The molecule has 14 heavy (non-hydrogen) atoms. The maximum Gasteiger partial charge on any atom is 0.115 e. The standard InChI is InChI=1S/C12H15NO/c1-9(2)12(6-7-13)10-4-3-5-11(14)8-10/h3-5,8-9,12,14H,6H2,1-2H3. The number of benzene rings is 1. The Morgan fingerprint density at radius 3 is 2.64 bits per heavy atom. The zero-order valence-corrected chi connectivity index (χ0v) is 8.57. The van der Waals surface area contributed by atoms with Crippen molar-refractivity contribution in [1.82, 2.24) is 0 Å². The lowest BCUT2D eigenvalue weighted by Gasteiger charge is -2.18. The van der Waals surface area contributed by atoms with Crippen LogP contribution in [-0.4, -0.2) is 5.11 Å². The zero-order chi connectivity index (χ0) is 10.6. The molecule has 0 aliphatic heterocycles. The molecule has 2 nitrogen and oxygen atoms in total. The number of nitrogens with zero attached hydrogens (tertiary/aromatic N) is 1. The summed E-state index contributed by atoms with van der Waals surface area (Å²) in [5.74, 6) is 0.898. The van der Waals surface area contributed by atoms with Gasteiger partial charge in [0.25, 0.3) is 0 Å². The van der Waals surface area contributed by atoms with E-state index in [0.29, 0.717) is 12.3 Å². The molecule has 74 valence electrons. The van der Waals surface area contributed by atoms with Crippen molar-refractivity contribution < 1.29 is 5.11 Å². The van der Waals surface area contributed by atoms with Crippen molar-refractivity contribution in [3.05, 3.63) is 29.8 Å². The average Bonchev–Trinajstić information content (AvgIpc) is 2.13. The molecule has 0 spiro atoms. The van der Waals surface area contributed by atoms with E-state index in [1.165, 1.54) is 0 Å². The van der Waals surface area contributed by atoms with E-state index < -0.39 is 0 Å². The van der Waals surface area contributed by atoms with Gasteiger partial charge >= 0.3 is 0 Å². The molecule has 2 heteroatoms. The Morgan fingerprint density at radius 1 is 1.43 bits per heavy atom. The van der Waals surface area contributed by atoms with Crippen LogP contribution in [0.5, 0.6) is 5.75 Å². The summed E-state index contributed by atoms with van der Waals surface area (Å²) in [5.41, 5.74) is 1.04. The molecule has 1 aromatic rings. The van der Waals surface area contributed by atoms with Crippen LogP contribution < -0.4 is 0 Å². The van der Waals surface area contributed by atoms with Gasteiger partial charge < -0.3 is 5.11 Å². The number of phenolic OH excluding ortho intramolecular Hbond substituents is 1. The smallest absolute Gasteiger partial charge is 0.115 e. The van der Waals surface area contributed by atoms with Crippen LogP contribution in [0.25, 0.3) is 0 Å². The first-order valence-corrected chi connectivity index (χ1v) is 4.81. The third-order valence-corrected chi connectivity index (χ3v) is 2.41. The van der Waals surface area contributed by atoms with Gasteiger partial charge in [-0.2, -0.15) is 5.26 Å². The molecule has 0 aliphatic rings. The summed E-state index contributed by atoms with van der Waals surface area (Å²) in [7, 11) is 0. The lowest BCUT2D eigenvalue weighted by Crippen LogP contribution is -2.05. The Kier molecular flexibility index (Phi) is 3.53. The highest BCUT2D eigenvalue weighted by atomic mass is 16.3. The third kappa shape index (κ3) is 2.50. The van der Waals surface area contributed by atoms with Crippen molar-refractivity contribution in [3.63, 3.8) is 0 Å². The Labute approximate surface area is 84.8 Å². The first kappa shape index (κ1) is 10.6. The van der Waals surface area contributed by atoms with Crippen molar-refractivity contribution in [2.45, 2.75) is 26.2 Å². The molecule has 0 radical (unpaired) electrons. The molecule has 0 saturated carbocycles. The van der Waals surface area contributed by atoms with Gasteiger partial charge in [-0.25, -0.2) is 0 Å². The predicted molar refractivity (Wildman–Crippen MR) is 55.9 cm³/mol. The third-order valence-electron chi connectivity index (χ3n) is 2.41. The van der Waals surface area contributed by atoms with Gasteiger partial charge in [0.05, 0.1) is 6.07 Å². The van der Waals surface area contributed by atoms with Crippen molar-refractivity contribution in [2.75, 3.05) is 0 Å². The van der Waals surface area contributed by atoms with Crippen molar-refractivity contribution in [1.29, 1.82) is 5.26 Å². The van der Waals surface area contributed by atoms with Crippen LogP contribution in [0, 0.1) is 17.2 Å². The van der Waals surface area contributed by atoms with Crippen molar-refractivity contribution in [2.24, 2.45) is 5.92 Å². The van der Waals surface area contributed by atoms with Gasteiger partial charge in [-0.3, -0.25) is 0 Å². The highest BCUT2D eigenvalue weighted by Gasteiger charge is 2.15. The minimum absolute atomic E-state index is 0.215. The minimum Gasteiger partial charge on any atom is -0.508 e. The Morgan fingerprint density at radius 2 is 2.14 bits per heavy atom. The second-order valence-electron chi connectivity index (χ2n) is 3.81. The Balaban J connectivity index is 2.94. The van der Waals surface area contributed by atoms with Gasteiger partial charge in [-0.15, -0.1) is 0 Å². The minimum atomic E-state index is 0.215. The van der Waals surface area contributed by atoms with Crippen molar-refractivity contribution >= 4 is 0 Å². The largest absolute Gasteiger partial charge is 0.508 e. The molecule has 1 N–H and O–H groups in total. The Bertz CT molecular complexity index is 338. The summed E-state index contributed by atoms with van der Waals surface area (Å²) in [4.78, 5) is 0. The summed E-state index contributed by atoms with van der Waals surface area (Å²) >= 11 is 0. The summed E-state index contributed by atoms with van der Waals surface area (Å²) < 4.78 is 0.